The van der Waals surface area contributed by atoms with E-state index in [1.807, 2.05) is 0 Å². The van der Waals surface area contributed by atoms with Crippen molar-refractivity contribution in [3.05, 3.63) is 53.6 Å². The quantitative estimate of drug-likeness (QED) is 0.846. The van der Waals surface area contributed by atoms with E-state index in [2.05, 4.69) is 10.4 Å². The molecular formula is C20H22FN3O3. The lowest BCUT2D eigenvalue weighted by Crippen LogP contribution is -2.42. The number of benzene rings is 1. The van der Waals surface area contributed by atoms with Crippen molar-refractivity contribution in [3.8, 4) is 0 Å². The van der Waals surface area contributed by atoms with E-state index in [9.17, 15) is 19.1 Å². The molecule has 1 aromatic carbocycles. The zero-order valence-electron chi connectivity index (χ0n) is 15.0. The van der Waals surface area contributed by atoms with Crippen LogP contribution in [0, 0.1) is 29.5 Å². The molecule has 27 heavy (non-hydrogen) atoms. The second kappa shape index (κ2) is 6.79. The van der Waals surface area contributed by atoms with Crippen molar-refractivity contribution in [2.75, 3.05) is 0 Å². The van der Waals surface area contributed by atoms with Gasteiger partial charge in [-0.1, -0.05) is 12.1 Å². The number of carboxylic acid groups (broad SMARTS) is 1. The third kappa shape index (κ3) is 3.22. The summed E-state index contributed by atoms with van der Waals surface area (Å²) in [4.78, 5) is 24.8. The van der Waals surface area contributed by atoms with Crippen molar-refractivity contribution in [1.29, 1.82) is 0 Å². The van der Waals surface area contributed by atoms with Crippen molar-refractivity contribution in [3.63, 3.8) is 0 Å². The number of nitrogens with zero attached hydrogens (tertiary/aromatic N) is 2. The third-order valence-corrected chi connectivity index (χ3v) is 6.05. The molecule has 2 fully saturated rings. The molecule has 7 heteroatoms. The molecule has 142 valence electrons. The fraction of sp³-hybridized carbons (Fsp3) is 0.450. The molecule has 4 rings (SSSR count). The highest BCUT2D eigenvalue weighted by Gasteiger charge is 2.54. The van der Waals surface area contributed by atoms with Gasteiger partial charge in [0.25, 0.3) is 0 Å². The highest BCUT2D eigenvalue weighted by Crippen LogP contribution is 2.52. The Kier molecular flexibility index (Phi) is 4.45. The minimum atomic E-state index is -0.887. The molecule has 1 aromatic heterocycles. The first kappa shape index (κ1) is 17.7. The lowest BCUT2D eigenvalue weighted by molar-refractivity contribution is -0.149. The molecule has 2 N–H and O–H groups in total. The SMILES string of the molecule is Cn1cc(C(NC(=O)[C@H]2[C@H]3CC[C@H](C3)[C@H]2C(=O)O)c2ccc(F)cc2)cn1. The van der Waals surface area contributed by atoms with Crippen LogP contribution in [0.3, 0.4) is 0 Å². The summed E-state index contributed by atoms with van der Waals surface area (Å²) in [5.74, 6) is -2.40. The molecule has 5 atom stereocenters. The Morgan fingerprint density at radius 3 is 2.44 bits per heavy atom. The number of carbonyl (C=O) groups is 2. The summed E-state index contributed by atoms with van der Waals surface area (Å²) in [6, 6.07) is 5.46. The number of aromatic nitrogens is 2. The van der Waals surface area contributed by atoms with Crippen molar-refractivity contribution in [2.24, 2.45) is 30.7 Å². The molecule has 2 aliphatic rings. The molecule has 2 aromatic rings. The second-order valence-corrected chi connectivity index (χ2v) is 7.66. The predicted octanol–water partition coefficient (Wildman–Crippen LogP) is 2.51. The summed E-state index contributed by atoms with van der Waals surface area (Å²) in [6.07, 6.45) is 6.05. The minimum Gasteiger partial charge on any atom is -0.481 e. The molecule has 6 nitrogen and oxygen atoms in total. The molecule has 1 unspecified atom stereocenters. The third-order valence-electron chi connectivity index (χ3n) is 6.05. The Morgan fingerprint density at radius 2 is 1.85 bits per heavy atom. The highest BCUT2D eigenvalue weighted by molar-refractivity contribution is 5.86. The number of halogens is 1. The first-order valence-corrected chi connectivity index (χ1v) is 9.21. The molecule has 2 aliphatic carbocycles. The monoisotopic (exact) mass is 371 g/mol. The Hall–Kier alpha value is -2.70. The summed E-state index contributed by atoms with van der Waals surface area (Å²) >= 11 is 0. The van der Waals surface area contributed by atoms with Crippen LogP contribution < -0.4 is 5.32 Å². The van der Waals surface area contributed by atoms with Gasteiger partial charge in [0, 0.05) is 18.8 Å². The van der Waals surface area contributed by atoms with E-state index in [-0.39, 0.29) is 23.6 Å². The maximum Gasteiger partial charge on any atom is 0.307 e. The van der Waals surface area contributed by atoms with E-state index < -0.39 is 23.8 Å². The Bertz CT molecular complexity index is 864. The number of hydrogen-bond donors (Lipinski definition) is 2. The van der Waals surface area contributed by atoms with Gasteiger partial charge in [0.1, 0.15) is 5.82 Å². The summed E-state index contributed by atoms with van der Waals surface area (Å²) < 4.78 is 15.0. The van der Waals surface area contributed by atoms with Crippen LogP contribution in [0.1, 0.15) is 36.4 Å². The van der Waals surface area contributed by atoms with E-state index in [4.69, 9.17) is 0 Å². The van der Waals surface area contributed by atoms with Crippen molar-refractivity contribution < 1.29 is 19.1 Å². The molecule has 0 radical (unpaired) electrons. The average molecular weight is 371 g/mol. The maximum absolute atomic E-state index is 13.3. The number of hydrogen-bond acceptors (Lipinski definition) is 3. The van der Waals surface area contributed by atoms with Crippen molar-refractivity contribution in [2.45, 2.75) is 25.3 Å². The fourth-order valence-electron chi connectivity index (χ4n) is 4.87. The Labute approximate surface area is 156 Å². The number of aliphatic carboxylic acids is 1. The number of fused-ring (bicyclic) bond motifs is 2. The van der Waals surface area contributed by atoms with E-state index in [0.29, 0.717) is 0 Å². The van der Waals surface area contributed by atoms with E-state index in [1.54, 1.807) is 36.3 Å². The lowest BCUT2D eigenvalue weighted by Gasteiger charge is -2.29. The van der Waals surface area contributed by atoms with Gasteiger partial charge in [-0.25, -0.2) is 4.39 Å². The number of aryl methyl sites for hydroxylation is 1. The average Bonchev–Trinajstić information content (AvgIpc) is 3.35. The number of nitrogens with one attached hydrogen (secondary N) is 1. The predicted molar refractivity (Wildman–Crippen MR) is 95.0 cm³/mol. The van der Waals surface area contributed by atoms with Crippen LogP contribution in [0.25, 0.3) is 0 Å². The molecule has 0 spiro atoms. The fourth-order valence-corrected chi connectivity index (χ4v) is 4.87. The summed E-state index contributed by atoms with van der Waals surface area (Å²) in [6.45, 7) is 0. The normalized spacial score (nSPS) is 27.5. The number of rotatable bonds is 5. The highest BCUT2D eigenvalue weighted by atomic mass is 19.1. The molecule has 1 heterocycles. The smallest absolute Gasteiger partial charge is 0.307 e. The van der Waals surface area contributed by atoms with Gasteiger partial charge in [-0.15, -0.1) is 0 Å². The summed E-state index contributed by atoms with van der Waals surface area (Å²) in [5.41, 5.74) is 1.50. The van der Waals surface area contributed by atoms with E-state index in [1.165, 1.54) is 12.1 Å². The first-order valence-electron chi connectivity index (χ1n) is 9.21. The zero-order valence-corrected chi connectivity index (χ0v) is 15.0. The topological polar surface area (TPSA) is 84.2 Å². The number of amides is 1. The van der Waals surface area contributed by atoms with Crippen LogP contribution in [0.2, 0.25) is 0 Å². The number of carbonyl (C=O) groups excluding carboxylic acids is 1. The van der Waals surface area contributed by atoms with Crippen LogP contribution in [-0.2, 0) is 16.6 Å². The van der Waals surface area contributed by atoms with Crippen LogP contribution in [0.15, 0.2) is 36.7 Å². The summed E-state index contributed by atoms with van der Waals surface area (Å²) in [7, 11) is 1.78. The number of carboxylic acids is 1. The molecule has 2 bridgehead atoms. The molecule has 0 aliphatic heterocycles. The summed E-state index contributed by atoms with van der Waals surface area (Å²) in [5, 5.41) is 16.8. The minimum absolute atomic E-state index is 0.0888. The van der Waals surface area contributed by atoms with Crippen LogP contribution in [-0.4, -0.2) is 26.8 Å². The van der Waals surface area contributed by atoms with Gasteiger partial charge in [-0.3, -0.25) is 14.3 Å². The maximum atomic E-state index is 13.3. The van der Waals surface area contributed by atoms with Crippen LogP contribution in [0.5, 0.6) is 0 Å². The first-order chi connectivity index (χ1) is 12.9. The van der Waals surface area contributed by atoms with Gasteiger partial charge in [-0.05, 0) is 48.8 Å². The van der Waals surface area contributed by atoms with E-state index in [0.717, 1.165) is 30.4 Å². The van der Waals surface area contributed by atoms with Crippen LogP contribution in [0.4, 0.5) is 4.39 Å². The van der Waals surface area contributed by atoms with Gasteiger partial charge in [-0.2, -0.15) is 5.10 Å². The molecular weight excluding hydrogens is 349 g/mol. The van der Waals surface area contributed by atoms with Gasteiger partial charge in [0.2, 0.25) is 5.91 Å². The largest absolute Gasteiger partial charge is 0.481 e. The second-order valence-electron chi connectivity index (χ2n) is 7.66. The van der Waals surface area contributed by atoms with Crippen molar-refractivity contribution in [1.82, 2.24) is 15.1 Å². The Balaban J connectivity index is 1.62. The standard InChI is InChI=1S/C20H22FN3O3/c1-24-10-14(9-22-24)18(11-4-6-15(21)7-5-11)23-19(25)16-12-2-3-13(8-12)17(16)20(26)27/h4-7,9-10,12-13,16-18H,2-3,8H2,1H3,(H,23,25)(H,26,27)/t12-,13+,16-,17+,18?/m0/s1. The Morgan fingerprint density at radius 1 is 1.19 bits per heavy atom. The van der Waals surface area contributed by atoms with Gasteiger partial charge in [0.05, 0.1) is 24.1 Å². The molecule has 2 saturated carbocycles. The van der Waals surface area contributed by atoms with Crippen molar-refractivity contribution >= 4 is 11.9 Å². The van der Waals surface area contributed by atoms with Gasteiger partial charge in [0.15, 0.2) is 0 Å². The molecule has 1 amide bonds. The van der Waals surface area contributed by atoms with Crippen LogP contribution >= 0.6 is 0 Å². The zero-order chi connectivity index (χ0) is 19.1. The molecule has 0 saturated heterocycles. The van der Waals surface area contributed by atoms with E-state index >= 15 is 0 Å². The lowest BCUT2D eigenvalue weighted by atomic mass is 9.78. The van der Waals surface area contributed by atoms with Gasteiger partial charge >= 0.3 is 5.97 Å². The van der Waals surface area contributed by atoms with Gasteiger partial charge < -0.3 is 10.4 Å².